The molecule has 31 heavy (non-hydrogen) atoms. The summed E-state index contributed by atoms with van der Waals surface area (Å²) >= 11 is 0. The van der Waals surface area contributed by atoms with Gasteiger partial charge in [-0.1, -0.05) is 74.0 Å². The van der Waals surface area contributed by atoms with Crippen LogP contribution in [-0.2, 0) is 27.4 Å². The number of carbonyl (C=O) groups excluding carboxylic acids is 2. The first-order valence-corrected chi connectivity index (χ1v) is 9.94. The number of amidine groups is 1. The fraction of sp³-hybridized carbons (Fsp3) is 0.286. The van der Waals surface area contributed by atoms with Crippen LogP contribution in [0.25, 0.3) is 0 Å². The molecule has 0 aromatic heterocycles. The standard InChI is InChI=1S/C21H25N5O5/c1-2-3-14-20(27)31-26-23(21(28)30-16-18-12-8-5-9-13-18)19(24(29)25(26)22)15-17-10-6-4-7-11-17/h4-13H,2-3,14-16,22H2,1H3. The van der Waals surface area contributed by atoms with E-state index in [2.05, 4.69) is 0 Å². The lowest BCUT2D eigenvalue weighted by Crippen LogP contribution is -2.54. The van der Waals surface area contributed by atoms with Crippen LogP contribution in [0.3, 0.4) is 0 Å². The zero-order chi connectivity index (χ0) is 22.2. The fourth-order valence-electron chi connectivity index (χ4n) is 2.88. The molecule has 10 nitrogen and oxygen atoms in total. The monoisotopic (exact) mass is 427 g/mol. The van der Waals surface area contributed by atoms with E-state index in [9.17, 15) is 14.8 Å². The number of hydrazone groups is 1. The van der Waals surface area contributed by atoms with Gasteiger partial charge in [-0.05, 0) is 27.8 Å². The largest absolute Gasteiger partial charge is 0.690 e. The van der Waals surface area contributed by atoms with Crippen molar-refractivity contribution in [2.75, 3.05) is 0 Å². The Labute approximate surface area is 180 Å². The number of nitrogens with zero attached hydrogens (tertiary/aromatic N) is 4. The van der Waals surface area contributed by atoms with Crippen molar-refractivity contribution in [3.63, 3.8) is 0 Å². The maximum absolute atomic E-state index is 12.9. The number of ether oxygens (including phenoxy) is 1. The predicted octanol–water partition coefficient (Wildman–Crippen LogP) is 2.66. The predicted molar refractivity (Wildman–Crippen MR) is 111 cm³/mol. The van der Waals surface area contributed by atoms with Crippen molar-refractivity contribution in [2.45, 2.75) is 39.2 Å². The number of amides is 1. The molecule has 0 saturated heterocycles. The lowest BCUT2D eigenvalue weighted by molar-refractivity contribution is -0.698. The first-order valence-electron chi connectivity index (χ1n) is 9.94. The number of rotatable bonds is 8. The van der Waals surface area contributed by atoms with E-state index in [4.69, 9.17) is 15.4 Å². The molecule has 1 heterocycles. The number of nitrogens with two attached hydrogens (primary N) is 1. The van der Waals surface area contributed by atoms with Crippen molar-refractivity contribution >= 4 is 17.9 Å². The van der Waals surface area contributed by atoms with Crippen molar-refractivity contribution in [3.05, 3.63) is 77.0 Å². The van der Waals surface area contributed by atoms with Crippen molar-refractivity contribution in [1.29, 1.82) is 0 Å². The van der Waals surface area contributed by atoms with Crippen LogP contribution in [0.4, 0.5) is 4.79 Å². The van der Waals surface area contributed by atoms with Crippen molar-refractivity contribution in [2.24, 2.45) is 5.84 Å². The van der Waals surface area contributed by atoms with E-state index < -0.39 is 12.1 Å². The van der Waals surface area contributed by atoms with Gasteiger partial charge >= 0.3 is 17.9 Å². The van der Waals surface area contributed by atoms with Crippen LogP contribution in [-0.4, -0.2) is 38.3 Å². The van der Waals surface area contributed by atoms with Crippen LogP contribution in [0, 0.1) is 5.21 Å². The highest BCUT2D eigenvalue weighted by Gasteiger charge is 2.50. The molecule has 0 spiro atoms. The van der Waals surface area contributed by atoms with Gasteiger partial charge in [0.15, 0.2) is 5.28 Å². The third-order valence-corrected chi connectivity index (χ3v) is 4.50. The fourth-order valence-corrected chi connectivity index (χ4v) is 2.88. The van der Waals surface area contributed by atoms with Gasteiger partial charge in [0.25, 0.3) is 0 Å². The van der Waals surface area contributed by atoms with E-state index in [-0.39, 0.29) is 30.1 Å². The second-order valence-electron chi connectivity index (χ2n) is 6.84. The van der Waals surface area contributed by atoms with Gasteiger partial charge in [-0.3, -0.25) is 4.79 Å². The maximum Gasteiger partial charge on any atom is 0.531 e. The van der Waals surface area contributed by atoms with Crippen LogP contribution in [0.2, 0.25) is 0 Å². The molecule has 0 fully saturated rings. The van der Waals surface area contributed by atoms with Gasteiger partial charge in [0.05, 0.1) is 6.42 Å². The molecule has 0 saturated carbocycles. The number of hydrogen-bond acceptors (Lipinski definition) is 8. The number of hydrazine groups is 4. The molecule has 2 aromatic carbocycles. The van der Waals surface area contributed by atoms with Crippen LogP contribution in [0.1, 0.15) is 37.3 Å². The molecule has 0 atom stereocenters. The molecule has 1 aliphatic rings. The summed E-state index contributed by atoms with van der Waals surface area (Å²) < 4.78 is 5.36. The highest BCUT2D eigenvalue weighted by atomic mass is 16.8. The quantitative estimate of drug-likeness (QED) is 0.388. The molecule has 2 aromatic rings. The van der Waals surface area contributed by atoms with Gasteiger partial charge in [0.1, 0.15) is 6.61 Å². The third-order valence-electron chi connectivity index (χ3n) is 4.50. The zero-order valence-corrected chi connectivity index (χ0v) is 17.2. The van der Waals surface area contributed by atoms with Gasteiger partial charge in [-0.25, -0.2) is 0 Å². The molecule has 2 N–H and O–H groups in total. The van der Waals surface area contributed by atoms with Gasteiger partial charge in [0.2, 0.25) is 0 Å². The van der Waals surface area contributed by atoms with Crippen molar-refractivity contribution < 1.29 is 24.0 Å². The molecule has 0 radical (unpaired) electrons. The topological polar surface area (TPSA) is 114 Å². The van der Waals surface area contributed by atoms with E-state index in [1.807, 2.05) is 31.2 Å². The van der Waals surface area contributed by atoms with Gasteiger partial charge in [-0.2, -0.15) is 10.6 Å². The lowest BCUT2D eigenvalue weighted by atomic mass is 10.1. The van der Waals surface area contributed by atoms with Gasteiger partial charge < -0.3 is 14.8 Å². The summed E-state index contributed by atoms with van der Waals surface area (Å²) in [6, 6.07) is 18.1. The van der Waals surface area contributed by atoms with E-state index in [1.165, 1.54) is 0 Å². The minimum absolute atomic E-state index is 0.0319. The summed E-state index contributed by atoms with van der Waals surface area (Å²) in [6.45, 7) is 1.90. The smallest absolute Gasteiger partial charge is 0.531 e. The molecule has 10 heteroatoms. The number of hydrogen-bond donors (Lipinski definition) is 1. The Balaban J connectivity index is 1.82. The maximum atomic E-state index is 12.9. The van der Waals surface area contributed by atoms with Gasteiger partial charge in [0, 0.05) is 6.42 Å². The van der Waals surface area contributed by atoms with Crippen LogP contribution in [0.15, 0.2) is 60.7 Å². The Morgan fingerprint density at radius 2 is 1.65 bits per heavy atom. The Hall–Kier alpha value is -3.63. The Morgan fingerprint density at radius 1 is 1.03 bits per heavy atom. The van der Waals surface area contributed by atoms with Crippen LogP contribution >= 0.6 is 0 Å². The molecular formula is C21H25N5O5. The van der Waals surface area contributed by atoms with E-state index >= 15 is 0 Å². The van der Waals surface area contributed by atoms with E-state index in [0.717, 1.165) is 22.6 Å². The summed E-state index contributed by atoms with van der Waals surface area (Å²) in [5.74, 6) is 5.10. The second-order valence-corrected chi connectivity index (χ2v) is 6.84. The molecule has 0 aliphatic carbocycles. The van der Waals surface area contributed by atoms with E-state index in [1.54, 1.807) is 36.4 Å². The molecule has 3 rings (SSSR count). The highest BCUT2D eigenvalue weighted by molar-refractivity contribution is 5.93. The third kappa shape index (κ3) is 5.50. The van der Waals surface area contributed by atoms with Crippen LogP contribution < -0.4 is 5.84 Å². The normalized spacial score (nSPS) is 14.1. The second kappa shape index (κ2) is 10.4. The number of unbranched alkanes of at least 4 members (excludes halogenated alkanes) is 1. The molecule has 0 bridgehead atoms. The Kier molecular flexibility index (Phi) is 7.41. The van der Waals surface area contributed by atoms with E-state index in [0.29, 0.717) is 16.9 Å². The molecule has 1 amide bonds. The van der Waals surface area contributed by atoms with Crippen molar-refractivity contribution in [3.8, 4) is 0 Å². The first kappa shape index (κ1) is 22.1. The lowest BCUT2D eigenvalue weighted by Gasteiger charge is -2.22. The summed E-state index contributed by atoms with van der Waals surface area (Å²) in [4.78, 5) is 30.6. The Bertz CT molecular complexity index is 922. The van der Waals surface area contributed by atoms with Crippen LogP contribution in [0.5, 0.6) is 0 Å². The highest BCUT2D eigenvalue weighted by Crippen LogP contribution is 2.18. The molecule has 0 unspecified atom stereocenters. The first-order chi connectivity index (χ1) is 15.0. The molecule has 164 valence electrons. The summed E-state index contributed by atoms with van der Waals surface area (Å²) in [5, 5.41) is 14.7. The Morgan fingerprint density at radius 3 is 2.26 bits per heavy atom. The minimum atomic E-state index is -0.910. The zero-order valence-electron chi connectivity index (χ0n) is 17.2. The average Bonchev–Trinajstić information content (AvgIpc) is 3.02. The minimum Gasteiger partial charge on any atom is -0.690 e. The molecular weight excluding hydrogens is 402 g/mol. The van der Waals surface area contributed by atoms with Crippen molar-refractivity contribution in [1.82, 2.24) is 15.5 Å². The number of carbonyl (C=O) groups is 2. The number of benzene rings is 2. The average molecular weight is 427 g/mol. The van der Waals surface area contributed by atoms with Gasteiger partial charge in [-0.15, -0.1) is 4.85 Å². The summed E-state index contributed by atoms with van der Waals surface area (Å²) in [6.07, 6.45) is 0.634. The summed E-state index contributed by atoms with van der Waals surface area (Å²) in [7, 11) is 0. The summed E-state index contributed by atoms with van der Waals surface area (Å²) in [5.41, 5.74) is 1.52. The molecule has 1 aliphatic heterocycles. The SMILES string of the molecule is CCCCC(=O)ON1N(C(=O)OCc2ccccc2)C(Cc2ccccc2)=[N+]([O-])N1N.